The van der Waals surface area contributed by atoms with Gasteiger partial charge in [0.25, 0.3) is 0 Å². The third-order valence-electron chi connectivity index (χ3n) is 5.16. The van der Waals surface area contributed by atoms with E-state index >= 15 is 0 Å². The fraction of sp³-hybridized carbons (Fsp3) is 0.478. The van der Waals surface area contributed by atoms with Gasteiger partial charge in [0.1, 0.15) is 0 Å². The van der Waals surface area contributed by atoms with E-state index in [0.717, 1.165) is 12.0 Å². The molecule has 1 rings (SSSR count). The molecular weight excluding hydrogens is 433 g/mol. The highest BCUT2D eigenvalue weighted by Gasteiger charge is 2.26. The second-order valence-electron chi connectivity index (χ2n) is 8.61. The van der Waals surface area contributed by atoms with E-state index in [9.17, 15) is 14.2 Å². The Morgan fingerprint density at radius 2 is 1.88 bits per heavy atom. The molecule has 0 aliphatic heterocycles. The molecule has 0 unspecified atom stereocenters. The lowest BCUT2D eigenvalue weighted by Gasteiger charge is -2.32. The van der Waals surface area contributed by atoms with Gasteiger partial charge in [0.15, 0.2) is 6.04 Å². The van der Waals surface area contributed by atoms with Gasteiger partial charge in [-0.1, -0.05) is 55.4 Å². The molecule has 0 saturated carbocycles. The summed E-state index contributed by atoms with van der Waals surface area (Å²) in [6.45, 7) is 9.52. The minimum Gasteiger partial charge on any atom is -0.480 e. The number of carboxylic acid groups (broad SMARTS) is 1. The first kappa shape index (κ1) is 27.8. The van der Waals surface area contributed by atoms with Crippen LogP contribution in [-0.4, -0.2) is 39.4 Å². The van der Waals surface area contributed by atoms with Crippen LogP contribution in [0.5, 0.6) is 0 Å². The van der Waals surface area contributed by atoms with E-state index in [2.05, 4.69) is 42.8 Å². The Bertz CT molecular complexity index is 903. The van der Waals surface area contributed by atoms with Crippen LogP contribution in [0.3, 0.4) is 0 Å². The maximum Gasteiger partial charge on any atom is 0.469 e. The van der Waals surface area contributed by atoms with E-state index in [-0.39, 0.29) is 5.41 Å². The monoisotopic (exact) mass is 467 g/mol. The molecule has 0 saturated heterocycles. The molecule has 32 heavy (non-hydrogen) atoms. The van der Waals surface area contributed by atoms with Crippen LogP contribution in [-0.2, 0) is 18.7 Å². The molecule has 0 fully saturated rings. The lowest BCUT2D eigenvalue weighted by molar-refractivity contribution is -0.142. The molecular formula is C23H34NO7P. The zero-order valence-corrected chi connectivity index (χ0v) is 20.2. The van der Waals surface area contributed by atoms with Crippen LogP contribution in [0, 0.1) is 5.41 Å². The Balaban J connectivity index is 2.73. The lowest BCUT2D eigenvalue weighted by Crippen LogP contribution is -2.43. The molecule has 4 N–H and O–H groups in total. The van der Waals surface area contributed by atoms with Crippen LogP contribution in [0.25, 0.3) is 0 Å². The minimum absolute atomic E-state index is 0.172. The Morgan fingerprint density at radius 3 is 2.44 bits per heavy atom. The summed E-state index contributed by atoms with van der Waals surface area (Å²) in [7, 11) is -4.84. The van der Waals surface area contributed by atoms with Gasteiger partial charge in [0.05, 0.1) is 6.61 Å². The fourth-order valence-corrected chi connectivity index (χ4v) is 3.79. The number of carbonyl (C=O) groups excluding carboxylic acids is 1. The van der Waals surface area contributed by atoms with Crippen LogP contribution in [0.4, 0.5) is 0 Å². The number of rotatable bonds is 10. The summed E-state index contributed by atoms with van der Waals surface area (Å²) >= 11 is 0. The Morgan fingerprint density at radius 1 is 1.22 bits per heavy atom. The molecule has 0 aromatic rings. The number of carboxylic acids is 1. The first-order valence-corrected chi connectivity index (χ1v) is 11.9. The zero-order valence-electron chi connectivity index (χ0n) is 19.3. The number of phosphoric ester groups is 1. The van der Waals surface area contributed by atoms with Crippen molar-refractivity contribution in [3.63, 3.8) is 0 Å². The Kier molecular flexibility index (Phi) is 10.5. The standard InChI is InChI=1S/C23H34NO7P/c1-16(11-12-19-18(3)10-7-13-23(19,4)5)8-6-9-17(2)14-21(25)24-20(22(26)27)15-31-32(28,29)30/h6,8-9,11-12,14,20H,7,10,13,15H2,1-5H3,(H,24,25)(H,26,27)(H2,28,29,30)/b9-6+,12-11+,16-8+,17-14+/t20-/m0/s1. The predicted molar refractivity (Wildman–Crippen MR) is 124 cm³/mol. The van der Waals surface area contributed by atoms with E-state index < -0.39 is 32.3 Å². The van der Waals surface area contributed by atoms with Crippen LogP contribution >= 0.6 is 7.82 Å². The summed E-state index contributed by atoms with van der Waals surface area (Å²) in [6, 6.07) is -1.59. The molecule has 8 nitrogen and oxygen atoms in total. The van der Waals surface area contributed by atoms with Gasteiger partial charge in [0.2, 0.25) is 5.91 Å². The van der Waals surface area contributed by atoms with E-state index in [0.29, 0.717) is 5.57 Å². The molecule has 0 heterocycles. The highest BCUT2D eigenvalue weighted by Crippen LogP contribution is 2.40. The van der Waals surface area contributed by atoms with E-state index in [1.165, 1.54) is 30.1 Å². The molecule has 0 bridgehead atoms. The minimum atomic E-state index is -4.84. The quantitative estimate of drug-likeness (QED) is 0.215. The van der Waals surface area contributed by atoms with Gasteiger partial charge in [-0.05, 0) is 56.6 Å². The molecule has 9 heteroatoms. The van der Waals surface area contributed by atoms with Crippen molar-refractivity contribution in [1.82, 2.24) is 5.32 Å². The topological polar surface area (TPSA) is 133 Å². The van der Waals surface area contributed by atoms with Crippen molar-refractivity contribution in [3.8, 4) is 0 Å². The third-order valence-corrected chi connectivity index (χ3v) is 5.64. The van der Waals surface area contributed by atoms with E-state index in [4.69, 9.17) is 14.9 Å². The molecule has 0 spiro atoms. The van der Waals surface area contributed by atoms with Gasteiger partial charge in [-0.15, -0.1) is 0 Å². The summed E-state index contributed by atoms with van der Waals surface area (Å²) in [5.41, 5.74) is 4.59. The molecule has 0 radical (unpaired) electrons. The van der Waals surface area contributed by atoms with Gasteiger partial charge < -0.3 is 20.2 Å². The molecule has 1 aliphatic rings. The van der Waals surface area contributed by atoms with Crippen LogP contribution in [0.1, 0.15) is 53.9 Å². The SMILES string of the molecule is CC1=C(/C=C/C(C)=C/C=C/C(C)=C/C(=O)N[C@@H](COP(=O)(O)O)C(=O)O)C(C)(C)CCC1. The summed E-state index contributed by atoms with van der Waals surface area (Å²) < 4.78 is 14.9. The predicted octanol–water partition coefficient (Wildman–Crippen LogP) is 4.20. The summed E-state index contributed by atoms with van der Waals surface area (Å²) in [5, 5.41) is 11.2. The highest BCUT2D eigenvalue weighted by atomic mass is 31.2. The largest absolute Gasteiger partial charge is 0.480 e. The van der Waals surface area contributed by atoms with Crippen LogP contribution in [0.15, 0.2) is 58.7 Å². The summed E-state index contributed by atoms with van der Waals surface area (Å²) in [6.07, 6.45) is 14.4. The molecule has 1 atom stereocenters. The fourth-order valence-electron chi connectivity index (χ4n) is 3.45. The number of carbonyl (C=O) groups is 2. The first-order valence-electron chi connectivity index (χ1n) is 10.4. The van der Waals surface area contributed by atoms with Crippen molar-refractivity contribution in [3.05, 3.63) is 58.7 Å². The Labute approximate surface area is 189 Å². The molecule has 1 amide bonds. The third kappa shape index (κ3) is 10.4. The zero-order chi connectivity index (χ0) is 24.5. The van der Waals surface area contributed by atoms with Gasteiger partial charge in [0, 0.05) is 6.08 Å². The number of hydrogen-bond acceptors (Lipinski definition) is 4. The van der Waals surface area contributed by atoms with Crippen molar-refractivity contribution < 1.29 is 33.6 Å². The summed E-state index contributed by atoms with van der Waals surface area (Å²) in [4.78, 5) is 40.5. The second kappa shape index (κ2) is 12.1. The number of hydrogen-bond donors (Lipinski definition) is 4. The first-order chi connectivity index (χ1) is 14.7. The molecule has 1 aliphatic carbocycles. The Hall–Kier alpha value is -2.25. The van der Waals surface area contributed by atoms with E-state index in [1.807, 2.05) is 13.0 Å². The van der Waals surface area contributed by atoms with Crippen LogP contribution < -0.4 is 5.32 Å². The maximum absolute atomic E-state index is 12.0. The van der Waals surface area contributed by atoms with Crippen molar-refractivity contribution >= 4 is 19.7 Å². The number of aliphatic carboxylic acids is 1. The molecule has 0 aromatic heterocycles. The number of phosphoric acid groups is 1. The summed E-state index contributed by atoms with van der Waals surface area (Å²) in [5.74, 6) is -2.18. The normalized spacial score (nSPS) is 19.0. The number of nitrogens with one attached hydrogen (secondary N) is 1. The average molecular weight is 467 g/mol. The van der Waals surface area contributed by atoms with Gasteiger partial charge in [-0.3, -0.25) is 9.32 Å². The number of amides is 1. The van der Waals surface area contributed by atoms with Crippen LogP contribution in [0.2, 0.25) is 0 Å². The van der Waals surface area contributed by atoms with Gasteiger partial charge >= 0.3 is 13.8 Å². The highest BCUT2D eigenvalue weighted by molar-refractivity contribution is 7.46. The second-order valence-corrected chi connectivity index (χ2v) is 9.85. The number of allylic oxidation sites excluding steroid dienone is 9. The van der Waals surface area contributed by atoms with E-state index in [1.54, 1.807) is 19.1 Å². The maximum atomic E-state index is 12.0. The van der Waals surface area contributed by atoms with Crippen molar-refractivity contribution in [2.24, 2.45) is 5.41 Å². The smallest absolute Gasteiger partial charge is 0.469 e. The van der Waals surface area contributed by atoms with Crippen molar-refractivity contribution in [2.75, 3.05) is 6.61 Å². The molecule has 0 aromatic carbocycles. The lowest BCUT2D eigenvalue weighted by atomic mass is 9.72. The van der Waals surface area contributed by atoms with Gasteiger partial charge in [-0.2, -0.15) is 0 Å². The molecule has 178 valence electrons. The van der Waals surface area contributed by atoms with Crippen molar-refractivity contribution in [2.45, 2.75) is 59.9 Å². The van der Waals surface area contributed by atoms with Gasteiger partial charge in [-0.25, -0.2) is 9.36 Å². The van der Waals surface area contributed by atoms with Crippen molar-refractivity contribution in [1.29, 1.82) is 0 Å². The average Bonchev–Trinajstić information content (AvgIpc) is 2.63.